The van der Waals surface area contributed by atoms with E-state index in [1.54, 1.807) is 0 Å². The van der Waals surface area contributed by atoms with Gasteiger partial charge in [-0.1, -0.05) is 19.1 Å². The summed E-state index contributed by atoms with van der Waals surface area (Å²) in [7, 11) is 0. The lowest BCUT2D eigenvalue weighted by atomic mass is 10.2. The maximum atomic E-state index is 11.6. The van der Waals surface area contributed by atoms with Crippen LogP contribution in [-0.4, -0.2) is 21.6 Å². The van der Waals surface area contributed by atoms with Crippen LogP contribution in [0.1, 0.15) is 6.92 Å². The zero-order valence-electron chi connectivity index (χ0n) is 8.90. The van der Waals surface area contributed by atoms with Crippen molar-refractivity contribution in [1.29, 1.82) is 0 Å². The van der Waals surface area contributed by atoms with E-state index >= 15 is 0 Å². The number of anilines is 1. The van der Waals surface area contributed by atoms with Gasteiger partial charge in [-0.25, -0.2) is 4.98 Å². The van der Waals surface area contributed by atoms with E-state index in [0.29, 0.717) is 11.7 Å². The number of hydrogen-bond donors (Lipinski definition) is 3. The van der Waals surface area contributed by atoms with E-state index in [0.717, 1.165) is 11.0 Å². The largest absolute Gasteiger partial charge is 0.324 e. The first-order valence-corrected chi connectivity index (χ1v) is 5.70. The van der Waals surface area contributed by atoms with Crippen LogP contribution in [0.15, 0.2) is 24.3 Å². The number of nitrogens with one attached hydrogen (secondary N) is 2. The standard InChI is InChI=1S/C11H13N3OS/c1-7(6-16)10(15)14-11-12-8-4-2-3-5-9(8)13-11/h2-5,7,16H,6H2,1H3,(H2,12,13,14,15). The molecule has 2 N–H and O–H groups in total. The number of hydrogen-bond acceptors (Lipinski definition) is 3. The number of thiol groups is 1. The van der Waals surface area contributed by atoms with E-state index in [1.165, 1.54) is 0 Å². The van der Waals surface area contributed by atoms with Crippen molar-refractivity contribution in [2.75, 3.05) is 11.1 Å². The first kappa shape index (κ1) is 11.0. The highest BCUT2D eigenvalue weighted by Gasteiger charge is 2.12. The molecule has 0 radical (unpaired) electrons. The highest BCUT2D eigenvalue weighted by Crippen LogP contribution is 2.14. The third-order valence-corrected chi connectivity index (χ3v) is 2.90. The summed E-state index contributed by atoms with van der Waals surface area (Å²) < 4.78 is 0. The number of rotatable bonds is 3. The van der Waals surface area contributed by atoms with Crippen molar-refractivity contribution >= 4 is 35.5 Å². The minimum Gasteiger partial charge on any atom is -0.324 e. The number of H-pyrrole nitrogens is 1. The fraction of sp³-hybridized carbons (Fsp3) is 0.273. The molecule has 1 aromatic carbocycles. The molecule has 84 valence electrons. The normalized spacial score (nSPS) is 12.6. The predicted octanol–water partition coefficient (Wildman–Crippen LogP) is 2.07. The van der Waals surface area contributed by atoms with Gasteiger partial charge in [0.1, 0.15) is 0 Å². The summed E-state index contributed by atoms with van der Waals surface area (Å²) in [6.45, 7) is 1.82. The Balaban J connectivity index is 2.18. The summed E-state index contributed by atoms with van der Waals surface area (Å²) >= 11 is 4.08. The summed E-state index contributed by atoms with van der Waals surface area (Å²) in [4.78, 5) is 18.9. The van der Waals surface area contributed by atoms with E-state index in [2.05, 4.69) is 27.9 Å². The van der Waals surface area contributed by atoms with Gasteiger partial charge in [-0.2, -0.15) is 12.6 Å². The number of aromatic amines is 1. The summed E-state index contributed by atoms with van der Waals surface area (Å²) in [6, 6.07) is 7.64. The van der Waals surface area contributed by atoms with Gasteiger partial charge in [0.15, 0.2) is 0 Å². The van der Waals surface area contributed by atoms with Gasteiger partial charge in [0.05, 0.1) is 11.0 Å². The van der Waals surface area contributed by atoms with Gasteiger partial charge in [0.2, 0.25) is 11.9 Å². The van der Waals surface area contributed by atoms with Crippen molar-refractivity contribution in [3.8, 4) is 0 Å². The first-order valence-electron chi connectivity index (χ1n) is 5.07. The maximum absolute atomic E-state index is 11.6. The Morgan fingerprint density at radius 3 is 3.00 bits per heavy atom. The Labute approximate surface area is 98.9 Å². The molecule has 0 saturated carbocycles. The van der Waals surface area contributed by atoms with Gasteiger partial charge in [0.25, 0.3) is 0 Å². The van der Waals surface area contributed by atoms with Gasteiger partial charge in [-0.15, -0.1) is 0 Å². The topological polar surface area (TPSA) is 57.8 Å². The second-order valence-corrected chi connectivity index (χ2v) is 4.04. The quantitative estimate of drug-likeness (QED) is 0.713. The van der Waals surface area contributed by atoms with Gasteiger partial charge < -0.3 is 4.98 Å². The zero-order chi connectivity index (χ0) is 11.5. The molecule has 0 fully saturated rings. The van der Waals surface area contributed by atoms with Crippen molar-refractivity contribution in [3.05, 3.63) is 24.3 Å². The number of carbonyl (C=O) groups is 1. The number of benzene rings is 1. The Morgan fingerprint density at radius 2 is 2.31 bits per heavy atom. The van der Waals surface area contributed by atoms with E-state index in [1.807, 2.05) is 31.2 Å². The molecule has 0 saturated heterocycles. The first-order chi connectivity index (χ1) is 7.70. The Bertz CT molecular complexity index is 476. The Kier molecular flexibility index (Phi) is 3.14. The molecule has 1 heterocycles. The number of para-hydroxylation sites is 2. The molecule has 2 aromatic rings. The highest BCUT2D eigenvalue weighted by atomic mass is 32.1. The van der Waals surface area contributed by atoms with Crippen LogP contribution in [0.3, 0.4) is 0 Å². The van der Waals surface area contributed by atoms with E-state index in [4.69, 9.17) is 0 Å². The van der Waals surface area contributed by atoms with Crippen molar-refractivity contribution in [1.82, 2.24) is 9.97 Å². The molecule has 1 unspecified atom stereocenters. The number of imidazole rings is 1. The summed E-state index contributed by atoms with van der Waals surface area (Å²) in [6.07, 6.45) is 0. The molecule has 2 rings (SSSR count). The van der Waals surface area contributed by atoms with Gasteiger partial charge >= 0.3 is 0 Å². The van der Waals surface area contributed by atoms with E-state index < -0.39 is 0 Å². The lowest BCUT2D eigenvalue weighted by Crippen LogP contribution is -2.22. The van der Waals surface area contributed by atoms with Crippen LogP contribution in [0.25, 0.3) is 11.0 Å². The van der Waals surface area contributed by atoms with Gasteiger partial charge in [-0.3, -0.25) is 10.1 Å². The van der Waals surface area contributed by atoms with Crippen molar-refractivity contribution in [2.45, 2.75) is 6.92 Å². The number of aromatic nitrogens is 2. The third kappa shape index (κ3) is 2.19. The Hall–Kier alpha value is -1.49. The molecule has 16 heavy (non-hydrogen) atoms. The SMILES string of the molecule is CC(CS)C(=O)Nc1nc2ccccc2[nH]1. The molecule has 0 aliphatic rings. The van der Waals surface area contributed by atoms with Gasteiger partial charge in [-0.05, 0) is 12.1 Å². The molecule has 1 atom stereocenters. The fourth-order valence-corrected chi connectivity index (χ4v) is 1.50. The van der Waals surface area contributed by atoms with Crippen LogP contribution < -0.4 is 5.32 Å². The monoisotopic (exact) mass is 235 g/mol. The molecule has 0 bridgehead atoms. The molecular formula is C11H13N3OS. The number of fused-ring (bicyclic) bond motifs is 1. The summed E-state index contributed by atoms with van der Waals surface area (Å²) in [5.41, 5.74) is 1.76. The molecule has 4 nitrogen and oxygen atoms in total. The third-order valence-electron chi connectivity index (χ3n) is 2.35. The van der Waals surface area contributed by atoms with E-state index in [9.17, 15) is 4.79 Å². The zero-order valence-corrected chi connectivity index (χ0v) is 9.79. The summed E-state index contributed by atoms with van der Waals surface area (Å²) in [5, 5.41) is 2.73. The number of carbonyl (C=O) groups excluding carboxylic acids is 1. The van der Waals surface area contributed by atoms with Crippen LogP contribution in [0.5, 0.6) is 0 Å². The van der Waals surface area contributed by atoms with Crippen LogP contribution in [0.4, 0.5) is 5.95 Å². The molecule has 0 aliphatic carbocycles. The molecule has 1 amide bonds. The summed E-state index contributed by atoms with van der Waals surface area (Å²) in [5.74, 6) is 0.803. The lowest BCUT2D eigenvalue weighted by molar-refractivity contribution is -0.118. The van der Waals surface area contributed by atoms with Crippen LogP contribution in [-0.2, 0) is 4.79 Å². The lowest BCUT2D eigenvalue weighted by Gasteiger charge is -2.06. The molecule has 0 spiro atoms. The average Bonchev–Trinajstić information content (AvgIpc) is 2.69. The minimum absolute atomic E-state index is 0.0749. The number of nitrogens with zero attached hydrogens (tertiary/aromatic N) is 1. The number of amides is 1. The van der Waals surface area contributed by atoms with Crippen molar-refractivity contribution in [2.24, 2.45) is 5.92 Å². The van der Waals surface area contributed by atoms with E-state index in [-0.39, 0.29) is 11.8 Å². The fourth-order valence-electron chi connectivity index (χ4n) is 1.33. The molecule has 0 aliphatic heterocycles. The molecular weight excluding hydrogens is 222 g/mol. The highest BCUT2D eigenvalue weighted by molar-refractivity contribution is 7.80. The second-order valence-electron chi connectivity index (χ2n) is 3.68. The second kappa shape index (κ2) is 4.57. The van der Waals surface area contributed by atoms with Gasteiger partial charge in [0, 0.05) is 11.7 Å². The van der Waals surface area contributed by atoms with Crippen molar-refractivity contribution < 1.29 is 4.79 Å². The Morgan fingerprint density at radius 1 is 1.56 bits per heavy atom. The molecule has 1 aromatic heterocycles. The molecule has 5 heteroatoms. The predicted molar refractivity (Wildman–Crippen MR) is 67.7 cm³/mol. The maximum Gasteiger partial charge on any atom is 0.230 e. The average molecular weight is 235 g/mol. The van der Waals surface area contributed by atoms with Crippen LogP contribution in [0.2, 0.25) is 0 Å². The van der Waals surface area contributed by atoms with Crippen LogP contribution >= 0.6 is 12.6 Å². The van der Waals surface area contributed by atoms with Crippen LogP contribution in [0, 0.1) is 5.92 Å². The minimum atomic E-state index is -0.128. The smallest absolute Gasteiger partial charge is 0.230 e. The van der Waals surface area contributed by atoms with Crippen molar-refractivity contribution in [3.63, 3.8) is 0 Å².